The van der Waals surface area contributed by atoms with Gasteiger partial charge in [0.15, 0.2) is 11.5 Å². The number of hydrogen-bond donors (Lipinski definition) is 0. The van der Waals surface area contributed by atoms with E-state index in [1.54, 1.807) is 16.7 Å². The number of pyridine rings is 1. The molecule has 3 aromatic rings. The fourth-order valence-electron chi connectivity index (χ4n) is 3.90. The summed E-state index contributed by atoms with van der Waals surface area (Å²) in [6, 6.07) is 9.81. The Hall–Kier alpha value is -2.74. The molecule has 1 saturated heterocycles. The number of rotatable bonds is 6. The third kappa shape index (κ3) is 3.07. The minimum absolute atomic E-state index is 0.0554. The minimum Gasteiger partial charge on any atom is -0.352 e. The maximum Gasteiger partial charge on any atom is 0.250 e. The zero-order chi connectivity index (χ0) is 19.1. The Bertz CT molecular complexity index is 1030. The molecule has 0 bridgehead atoms. The highest BCUT2D eigenvalue weighted by Gasteiger charge is 2.31. The first-order valence-corrected chi connectivity index (χ1v) is 10.0. The first-order chi connectivity index (χ1) is 13.7. The lowest BCUT2D eigenvalue weighted by atomic mass is 9.85. The summed E-state index contributed by atoms with van der Waals surface area (Å²) in [5.74, 6) is 2.50. The molecule has 3 aromatic heterocycles. The average Bonchev–Trinajstić information content (AvgIpc) is 3.01. The molecule has 0 atom stereocenters. The van der Waals surface area contributed by atoms with Crippen molar-refractivity contribution in [3.05, 3.63) is 52.7 Å². The quantitative estimate of drug-likeness (QED) is 0.644. The highest BCUT2D eigenvalue weighted by atomic mass is 16.1. The normalized spacial score (nSPS) is 17.9. The van der Waals surface area contributed by atoms with Gasteiger partial charge in [0, 0.05) is 50.4 Å². The number of nitrogens with zero attached hydrogens (tertiary/aromatic N) is 7. The number of aromatic nitrogens is 5. The van der Waals surface area contributed by atoms with Gasteiger partial charge in [-0.3, -0.25) is 9.69 Å². The molecule has 8 heteroatoms. The van der Waals surface area contributed by atoms with Crippen molar-refractivity contribution in [1.82, 2.24) is 29.3 Å². The Kier molecular flexibility index (Phi) is 4.35. The van der Waals surface area contributed by atoms with Crippen molar-refractivity contribution in [3.63, 3.8) is 0 Å². The van der Waals surface area contributed by atoms with E-state index in [-0.39, 0.29) is 5.56 Å². The van der Waals surface area contributed by atoms with Crippen molar-refractivity contribution in [2.24, 2.45) is 0 Å². The summed E-state index contributed by atoms with van der Waals surface area (Å²) in [6.07, 6.45) is 5.50. The topological polar surface area (TPSA) is 71.6 Å². The smallest absolute Gasteiger partial charge is 0.250 e. The molecule has 5 rings (SSSR count). The molecule has 2 fully saturated rings. The van der Waals surface area contributed by atoms with Crippen molar-refractivity contribution >= 4 is 11.5 Å². The molecule has 0 amide bonds. The molecule has 1 aliphatic heterocycles. The zero-order valence-corrected chi connectivity index (χ0v) is 16.1. The number of fused-ring (bicyclic) bond motifs is 1. The van der Waals surface area contributed by atoms with Crippen LogP contribution < -0.4 is 10.5 Å². The fraction of sp³-hybridized carbons (Fsp3) is 0.500. The lowest BCUT2D eigenvalue weighted by Crippen LogP contribution is -2.59. The van der Waals surface area contributed by atoms with E-state index in [0.29, 0.717) is 18.5 Å². The summed E-state index contributed by atoms with van der Waals surface area (Å²) in [5, 5.41) is 13.4. The van der Waals surface area contributed by atoms with Crippen molar-refractivity contribution in [1.29, 1.82) is 0 Å². The van der Waals surface area contributed by atoms with E-state index in [2.05, 4.69) is 27.0 Å². The maximum absolute atomic E-state index is 11.8. The molecule has 0 aromatic carbocycles. The highest BCUT2D eigenvalue weighted by molar-refractivity contribution is 5.48. The Labute approximate surface area is 163 Å². The van der Waals surface area contributed by atoms with Gasteiger partial charge >= 0.3 is 0 Å². The molecule has 1 saturated carbocycles. The van der Waals surface area contributed by atoms with E-state index >= 15 is 0 Å². The van der Waals surface area contributed by atoms with E-state index in [0.717, 1.165) is 36.9 Å². The first kappa shape index (κ1) is 17.4. The average molecular weight is 379 g/mol. The summed E-state index contributed by atoms with van der Waals surface area (Å²) in [4.78, 5) is 16.4. The number of hydrogen-bond acceptors (Lipinski definition) is 6. The van der Waals surface area contributed by atoms with Crippen molar-refractivity contribution in [3.8, 4) is 0 Å². The second-order valence-electron chi connectivity index (χ2n) is 7.92. The van der Waals surface area contributed by atoms with Gasteiger partial charge in [0.25, 0.3) is 5.56 Å². The molecule has 2 aliphatic rings. The summed E-state index contributed by atoms with van der Waals surface area (Å²) >= 11 is 0. The Morgan fingerprint density at radius 2 is 2.00 bits per heavy atom. The predicted octanol–water partition coefficient (Wildman–Crippen LogP) is 1.37. The van der Waals surface area contributed by atoms with Crippen LogP contribution in [0.3, 0.4) is 0 Å². The molecule has 28 heavy (non-hydrogen) atoms. The SMILES string of the molecule is CN(CCn1ccccc1=O)C1CN(c2ccc3nnc(C4CCC4)n3n2)C1. The Morgan fingerprint density at radius 3 is 2.75 bits per heavy atom. The summed E-state index contributed by atoms with van der Waals surface area (Å²) in [5.41, 5.74) is 0.882. The van der Waals surface area contributed by atoms with Crippen LogP contribution in [0.4, 0.5) is 5.82 Å². The lowest BCUT2D eigenvalue weighted by molar-refractivity contribution is 0.197. The van der Waals surface area contributed by atoms with Crippen LogP contribution in [-0.4, -0.2) is 62.0 Å². The second-order valence-corrected chi connectivity index (χ2v) is 7.92. The van der Waals surface area contributed by atoms with Crippen LogP contribution in [0.2, 0.25) is 0 Å². The molecule has 0 spiro atoms. The summed E-state index contributed by atoms with van der Waals surface area (Å²) < 4.78 is 3.69. The van der Waals surface area contributed by atoms with Gasteiger partial charge in [-0.05, 0) is 38.1 Å². The first-order valence-electron chi connectivity index (χ1n) is 10.0. The van der Waals surface area contributed by atoms with Crippen molar-refractivity contribution < 1.29 is 0 Å². The van der Waals surface area contributed by atoms with Crippen LogP contribution in [0.15, 0.2) is 41.3 Å². The van der Waals surface area contributed by atoms with Gasteiger partial charge in [-0.15, -0.1) is 15.3 Å². The van der Waals surface area contributed by atoms with E-state index in [1.165, 1.54) is 19.3 Å². The minimum atomic E-state index is 0.0554. The monoisotopic (exact) mass is 379 g/mol. The molecular weight excluding hydrogens is 354 g/mol. The van der Waals surface area contributed by atoms with Crippen LogP contribution in [0.25, 0.3) is 5.65 Å². The molecule has 0 unspecified atom stereocenters. The molecule has 4 heterocycles. The van der Waals surface area contributed by atoms with Crippen LogP contribution in [0.1, 0.15) is 31.0 Å². The van der Waals surface area contributed by atoms with Gasteiger partial charge in [0.05, 0.1) is 0 Å². The van der Waals surface area contributed by atoms with Crippen LogP contribution in [-0.2, 0) is 6.54 Å². The fourth-order valence-corrected chi connectivity index (χ4v) is 3.90. The van der Waals surface area contributed by atoms with Gasteiger partial charge in [0.2, 0.25) is 0 Å². The molecule has 0 radical (unpaired) electrons. The van der Waals surface area contributed by atoms with Crippen molar-refractivity contribution in [2.45, 2.75) is 37.8 Å². The molecule has 0 N–H and O–H groups in total. The van der Waals surface area contributed by atoms with Crippen LogP contribution in [0.5, 0.6) is 0 Å². The highest BCUT2D eigenvalue weighted by Crippen LogP contribution is 2.35. The van der Waals surface area contributed by atoms with E-state index in [4.69, 9.17) is 5.10 Å². The summed E-state index contributed by atoms with van der Waals surface area (Å²) in [7, 11) is 2.13. The van der Waals surface area contributed by atoms with E-state index in [9.17, 15) is 4.79 Å². The van der Waals surface area contributed by atoms with Gasteiger partial charge < -0.3 is 9.47 Å². The van der Waals surface area contributed by atoms with Crippen molar-refractivity contribution in [2.75, 3.05) is 31.6 Å². The Morgan fingerprint density at radius 1 is 1.14 bits per heavy atom. The third-order valence-electron chi connectivity index (χ3n) is 6.15. The largest absolute Gasteiger partial charge is 0.352 e. The second kappa shape index (κ2) is 7.01. The standard InChI is InChI=1S/C20H25N7O/c1-24(11-12-25-10-3-2-7-19(25)28)16-13-26(14-16)18-9-8-17-21-22-20(27(17)23-18)15-5-4-6-15/h2-3,7-10,15-16H,4-6,11-14H2,1H3. The van der Waals surface area contributed by atoms with E-state index < -0.39 is 0 Å². The lowest BCUT2D eigenvalue weighted by Gasteiger charge is -2.44. The third-order valence-corrected chi connectivity index (χ3v) is 6.15. The van der Waals surface area contributed by atoms with Gasteiger partial charge in [-0.2, -0.15) is 4.52 Å². The zero-order valence-electron chi connectivity index (χ0n) is 16.1. The molecule has 8 nitrogen and oxygen atoms in total. The molecular formula is C20H25N7O. The molecule has 1 aliphatic carbocycles. The van der Waals surface area contributed by atoms with Gasteiger partial charge in [-0.25, -0.2) is 0 Å². The van der Waals surface area contributed by atoms with Gasteiger partial charge in [-0.1, -0.05) is 12.5 Å². The van der Waals surface area contributed by atoms with E-state index in [1.807, 2.05) is 28.9 Å². The maximum atomic E-state index is 11.8. The van der Waals surface area contributed by atoms with Gasteiger partial charge in [0.1, 0.15) is 5.82 Å². The van der Waals surface area contributed by atoms with Crippen LogP contribution in [0, 0.1) is 0 Å². The molecule has 146 valence electrons. The summed E-state index contributed by atoms with van der Waals surface area (Å²) in [6.45, 7) is 3.45. The predicted molar refractivity (Wildman–Crippen MR) is 107 cm³/mol. The number of likely N-dealkylation sites (N-methyl/N-ethyl adjacent to an activating group) is 1. The Balaban J connectivity index is 1.21. The van der Waals surface area contributed by atoms with Crippen LogP contribution >= 0.6 is 0 Å². The number of anilines is 1.